The highest BCUT2D eigenvalue weighted by atomic mass is 127. The number of benzene rings is 2. The predicted molar refractivity (Wildman–Crippen MR) is 157 cm³/mol. The summed E-state index contributed by atoms with van der Waals surface area (Å²) in [7, 11) is 1.47. The Hall–Kier alpha value is -3.79. The van der Waals surface area contributed by atoms with Crippen LogP contribution in [0.1, 0.15) is 25.3 Å². The lowest BCUT2D eigenvalue weighted by atomic mass is 9.60. The van der Waals surface area contributed by atoms with E-state index < -0.39 is 17.8 Å². The van der Waals surface area contributed by atoms with Crippen LogP contribution in [0.15, 0.2) is 83.0 Å². The Bertz CT molecular complexity index is 1610. The molecule has 1 N–H and O–H groups in total. The summed E-state index contributed by atoms with van der Waals surface area (Å²) >= 11 is 2.18. The molecule has 1 saturated heterocycles. The molecule has 3 aliphatic carbocycles. The number of amides is 2. The molecule has 6 rings (SSSR count). The van der Waals surface area contributed by atoms with Crippen molar-refractivity contribution < 1.29 is 29.0 Å². The molecule has 0 unspecified atom stereocenters. The number of Topliss-reactive ketones (excluding diaryl/α,β-unsaturated/α-hetero) is 1. The summed E-state index contributed by atoms with van der Waals surface area (Å²) in [4.78, 5) is 55.3. The van der Waals surface area contributed by atoms with E-state index in [1.165, 1.54) is 24.2 Å². The van der Waals surface area contributed by atoms with Crippen LogP contribution in [0.5, 0.6) is 11.5 Å². The number of ether oxygens (including phenoxy) is 1. The Balaban J connectivity index is 1.42. The largest absolute Gasteiger partial charge is 0.504 e. The van der Waals surface area contributed by atoms with Crippen molar-refractivity contribution in [3.05, 3.63) is 92.1 Å². The average molecular weight is 647 g/mol. The van der Waals surface area contributed by atoms with Gasteiger partial charge >= 0.3 is 0 Å². The molecule has 1 heterocycles. The molecule has 7 nitrogen and oxygen atoms in total. The van der Waals surface area contributed by atoms with Gasteiger partial charge < -0.3 is 9.84 Å². The van der Waals surface area contributed by atoms with Crippen molar-refractivity contribution in [3.63, 3.8) is 0 Å². The number of carbonyl (C=O) groups excluding carboxylic acids is 4. The minimum atomic E-state index is -0.611. The smallest absolute Gasteiger partial charge is 0.238 e. The van der Waals surface area contributed by atoms with Gasteiger partial charge in [0.05, 0.1) is 24.6 Å². The van der Waals surface area contributed by atoms with Crippen LogP contribution in [-0.2, 0) is 19.2 Å². The summed E-state index contributed by atoms with van der Waals surface area (Å²) in [5.41, 5.74) is 3.43. The maximum Gasteiger partial charge on any atom is 0.238 e. The Kier molecular flexibility index (Phi) is 6.60. The zero-order chi connectivity index (χ0) is 28.3. The molecule has 2 aromatic carbocycles. The van der Waals surface area contributed by atoms with Gasteiger partial charge in [-0.2, -0.15) is 0 Å². The Morgan fingerprint density at radius 3 is 2.50 bits per heavy atom. The Labute approximate surface area is 245 Å². The Morgan fingerprint density at radius 2 is 1.77 bits per heavy atom. The van der Waals surface area contributed by atoms with E-state index in [0.717, 1.165) is 14.7 Å². The number of hydrogen-bond donors (Lipinski definition) is 1. The van der Waals surface area contributed by atoms with Crippen molar-refractivity contribution in [1.82, 2.24) is 0 Å². The molecule has 2 aromatic rings. The number of imide groups is 1. The first kappa shape index (κ1) is 26.4. The summed E-state index contributed by atoms with van der Waals surface area (Å²) < 4.78 is 6.23. The van der Waals surface area contributed by atoms with Gasteiger partial charge in [-0.15, -0.1) is 0 Å². The second-order valence-electron chi connectivity index (χ2n) is 10.6. The third-order valence-electron chi connectivity index (χ3n) is 8.38. The second-order valence-corrected chi connectivity index (χ2v) is 11.8. The molecule has 40 heavy (non-hydrogen) atoms. The van der Waals surface area contributed by atoms with Crippen LogP contribution in [0, 0.1) is 27.2 Å². The van der Waals surface area contributed by atoms with Crippen LogP contribution in [0.25, 0.3) is 6.08 Å². The molecule has 4 aliphatic rings. The summed E-state index contributed by atoms with van der Waals surface area (Å²) in [5, 5.41) is 9.99. The predicted octanol–water partition coefficient (Wildman–Crippen LogP) is 5.19. The minimum absolute atomic E-state index is 0.0133. The normalized spacial score (nSPS) is 26.0. The van der Waals surface area contributed by atoms with Crippen molar-refractivity contribution in [3.8, 4) is 11.5 Å². The van der Waals surface area contributed by atoms with Gasteiger partial charge in [0.1, 0.15) is 0 Å². The summed E-state index contributed by atoms with van der Waals surface area (Å²) in [6, 6.07) is 12.2. The minimum Gasteiger partial charge on any atom is -0.504 e. The number of aromatic hydroxyl groups is 1. The van der Waals surface area contributed by atoms with Gasteiger partial charge in [0.2, 0.25) is 11.8 Å². The third-order valence-corrected chi connectivity index (χ3v) is 9.10. The van der Waals surface area contributed by atoms with Crippen molar-refractivity contribution in [2.24, 2.45) is 23.7 Å². The van der Waals surface area contributed by atoms with Gasteiger partial charge in [0, 0.05) is 26.2 Å². The lowest BCUT2D eigenvalue weighted by Crippen LogP contribution is -2.40. The van der Waals surface area contributed by atoms with Crippen molar-refractivity contribution >= 4 is 57.7 Å². The van der Waals surface area contributed by atoms with E-state index in [-0.39, 0.29) is 41.5 Å². The van der Waals surface area contributed by atoms with E-state index >= 15 is 0 Å². The standard InChI is InChI=1S/C32H26INO6/c1-16-13-26(36)24-15-23-20(21(28(24)30(16)37)9-3-17-4-12-25(35)27(14-17)40-2)10-11-22-29(23)32(39)34(31(22)38)19-7-5-18(33)6-8-19/h3-10,12-14,21-23,29,35H,11,15H2,1-2H3/t21-,22-,23+,29-/m0/s1. The van der Waals surface area contributed by atoms with E-state index in [1.807, 2.05) is 30.4 Å². The number of fused-ring (bicyclic) bond motifs is 3. The molecular weight excluding hydrogens is 621 g/mol. The monoisotopic (exact) mass is 647 g/mol. The molecule has 4 atom stereocenters. The fraction of sp³-hybridized carbons (Fsp3) is 0.250. The second kappa shape index (κ2) is 9.99. The lowest BCUT2D eigenvalue weighted by molar-refractivity contribution is -0.123. The van der Waals surface area contributed by atoms with E-state index in [0.29, 0.717) is 34.6 Å². The number of phenolic OH excluding ortho intramolecular Hbond substituents is 1. The summed E-state index contributed by atoms with van der Waals surface area (Å²) in [6.07, 6.45) is 7.71. The van der Waals surface area contributed by atoms with Crippen LogP contribution >= 0.6 is 22.6 Å². The fourth-order valence-electron chi connectivity index (χ4n) is 6.49. The maximum absolute atomic E-state index is 13.9. The number of hydrogen-bond acceptors (Lipinski definition) is 6. The SMILES string of the molecule is COc1cc(C=C[C@H]2C3=CC[C@@H]4C(=O)N(c5ccc(I)cc5)C(=O)[C@@H]4[C@@H]3CC3=C2C(=O)C(C)=CC3=O)ccc1O. The van der Waals surface area contributed by atoms with Gasteiger partial charge in [-0.25, -0.2) is 0 Å². The maximum atomic E-state index is 13.9. The molecule has 1 aliphatic heterocycles. The van der Waals surface area contributed by atoms with E-state index in [4.69, 9.17) is 4.74 Å². The van der Waals surface area contributed by atoms with Crippen LogP contribution < -0.4 is 9.64 Å². The molecule has 0 radical (unpaired) electrons. The zero-order valence-electron chi connectivity index (χ0n) is 21.9. The van der Waals surface area contributed by atoms with Crippen molar-refractivity contribution in [1.29, 1.82) is 0 Å². The van der Waals surface area contributed by atoms with Crippen LogP contribution in [0.4, 0.5) is 5.69 Å². The van der Waals surface area contributed by atoms with Gasteiger partial charge in [-0.1, -0.05) is 29.9 Å². The highest BCUT2D eigenvalue weighted by Gasteiger charge is 2.56. The molecule has 202 valence electrons. The number of anilines is 1. The van der Waals surface area contributed by atoms with Gasteiger partial charge in [-0.3, -0.25) is 24.1 Å². The highest BCUT2D eigenvalue weighted by Crippen LogP contribution is 2.53. The molecular formula is C32H26INO6. The molecule has 0 saturated carbocycles. The van der Waals surface area contributed by atoms with Crippen LogP contribution in [-0.4, -0.2) is 35.6 Å². The summed E-state index contributed by atoms with van der Waals surface area (Å²) in [5.74, 6) is -2.58. The fourth-order valence-corrected chi connectivity index (χ4v) is 6.85. The summed E-state index contributed by atoms with van der Waals surface area (Å²) in [6.45, 7) is 1.64. The Morgan fingerprint density at radius 1 is 1.02 bits per heavy atom. The number of nitrogens with zero attached hydrogens (tertiary/aromatic N) is 1. The van der Waals surface area contributed by atoms with Gasteiger partial charge in [-0.05, 0) is 96.3 Å². The molecule has 1 fully saturated rings. The van der Waals surface area contributed by atoms with Gasteiger partial charge in [0.25, 0.3) is 0 Å². The number of halogens is 1. The molecule has 8 heteroatoms. The zero-order valence-corrected chi connectivity index (χ0v) is 24.0. The van der Waals surface area contributed by atoms with Crippen LogP contribution in [0.2, 0.25) is 0 Å². The van der Waals surface area contributed by atoms with Crippen LogP contribution in [0.3, 0.4) is 0 Å². The van der Waals surface area contributed by atoms with E-state index in [1.54, 1.807) is 31.2 Å². The first-order valence-electron chi connectivity index (χ1n) is 13.1. The average Bonchev–Trinajstić information content (AvgIpc) is 3.20. The van der Waals surface area contributed by atoms with Crippen molar-refractivity contribution in [2.75, 3.05) is 12.0 Å². The molecule has 0 bridgehead atoms. The van der Waals surface area contributed by atoms with E-state index in [2.05, 4.69) is 22.6 Å². The van der Waals surface area contributed by atoms with Crippen molar-refractivity contribution in [2.45, 2.75) is 19.8 Å². The molecule has 0 aromatic heterocycles. The van der Waals surface area contributed by atoms with E-state index in [9.17, 15) is 24.3 Å². The number of rotatable bonds is 4. The first-order valence-corrected chi connectivity index (χ1v) is 14.2. The number of ketones is 2. The highest BCUT2D eigenvalue weighted by molar-refractivity contribution is 14.1. The molecule has 2 amide bonds. The quantitative estimate of drug-likeness (QED) is 0.213. The topological polar surface area (TPSA) is 101 Å². The number of allylic oxidation sites excluding steroid dienone is 7. The number of phenols is 1. The third kappa shape index (κ3) is 4.16. The lowest BCUT2D eigenvalue weighted by Gasteiger charge is -2.41. The number of carbonyl (C=O) groups is 4. The molecule has 0 spiro atoms. The number of methoxy groups -OCH3 is 1. The van der Waals surface area contributed by atoms with Gasteiger partial charge in [0.15, 0.2) is 23.1 Å². The first-order chi connectivity index (χ1) is 19.2.